The van der Waals surface area contributed by atoms with Gasteiger partial charge in [-0.05, 0) is 30.7 Å². The highest BCUT2D eigenvalue weighted by atomic mass is 16.5. The number of carbonyl (C=O) groups is 1. The normalized spacial score (nSPS) is 10.2. The molecule has 1 aromatic carbocycles. The highest BCUT2D eigenvalue weighted by Crippen LogP contribution is 2.23. The van der Waals surface area contributed by atoms with E-state index in [2.05, 4.69) is 15.6 Å². The second-order valence-electron chi connectivity index (χ2n) is 5.26. The number of pyridine rings is 1. The molecule has 0 spiro atoms. The summed E-state index contributed by atoms with van der Waals surface area (Å²) < 4.78 is 15.3. The zero-order valence-electron chi connectivity index (χ0n) is 14.7. The molecule has 2 rings (SSSR count). The summed E-state index contributed by atoms with van der Waals surface area (Å²) in [7, 11) is 4.75. The Morgan fingerprint density at radius 2 is 1.80 bits per heavy atom. The minimum absolute atomic E-state index is 0.287. The van der Waals surface area contributed by atoms with E-state index in [-0.39, 0.29) is 5.91 Å². The number of aromatic nitrogens is 1. The SMILES string of the molecule is COCCCNc1ccc(NC(=O)c2cc(OC)cc(OC)c2)nc1. The second kappa shape index (κ2) is 9.48. The lowest BCUT2D eigenvalue weighted by molar-refractivity contribution is 0.102. The van der Waals surface area contributed by atoms with E-state index in [0.717, 1.165) is 18.7 Å². The van der Waals surface area contributed by atoms with Crippen molar-refractivity contribution < 1.29 is 19.0 Å². The molecule has 7 heteroatoms. The van der Waals surface area contributed by atoms with Gasteiger partial charge in [0.25, 0.3) is 5.91 Å². The van der Waals surface area contributed by atoms with Crippen LogP contribution >= 0.6 is 0 Å². The fourth-order valence-electron chi connectivity index (χ4n) is 2.15. The Balaban J connectivity index is 1.98. The lowest BCUT2D eigenvalue weighted by atomic mass is 10.2. The molecule has 1 aromatic heterocycles. The number of nitrogens with one attached hydrogen (secondary N) is 2. The van der Waals surface area contributed by atoms with E-state index < -0.39 is 0 Å². The van der Waals surface area contributed by atoms with Crippen molar-refractivity contribution in [3.05, 3.63) is 42.1 Å². The van der Waals surface area contributed by atoms with Gasteiger partial charge in [0.1, 0.15) is 17.3 Å². The summed E-state index contributed by atoms with van der Waals surface area (Å²) in [6.45, 7) is 1.50. The van der Waals surface area contributed by atoms with Crippen molar-refractivity contribution in [1.29, 1.82) is 0 Å². The van der Waals surface area contributed by atoms with Gasteiger partial charge in [-0.15, -0.1) is 0 Å². The summed E-state index contributed by atoms with van der Waals surface area (Å²) in [6, 6.07) is 8.60. The van der Waals surface area contributed by atoms with Crippen LogP contribution in [0, 0.1) is 0 Å². The fourth-order valence-corrected chi connectivity index (χ4v) is 2.15. The maximum absolute atomic E-state index is 12.4. The van der Waals surface area contributed by atoms with Crippen molar-refractivity contribution in [2.24, 2.45) is 0 Å². The first-order valence-corrected chi connectivity index (χ1v) is 7.89. The van der Waals surface area contributed by atoms with Crippen LogP contribution in [-0.2, 0) is 4.74 Å². The van der Waals surface area contributed by atoms with E-state index in [4.69, 9.17) is 14.2 Å². The van der Waals surface area contributed by atoms with Gasteiger partial charge in [-0.3, -0.25) is 4.79 Å². The molecule has 0 aliphatic heterocycles. The number of benzene rings is 1. The van der Waals surface area contributed by atoms with Gasteiger partial charge in [0.15, 0.2) is 0 Å². The molecule has 134 valence electrons. The predicted octanol–water partition coefficient (Wildman–Crippen LogP) is 2.80. The Kier molecular flexibility index (Phi) is 7.03. The van der Waals surface area contributed by atoms with Gasteiger partial charge in [-0.25, -0.2) is 4.98 Å². The van der Waals surface area contributed by atoms with E-state index in [0.29, 0.717) is 29.5 Å². The molecule has 0 aliphatic carbocycles. The summed E-state index contributed by atoms with van der Waals surface area (Å²) in [5.74, 6) is 1.28. The Morgan fingerprint density at radius 3 is 2.36 bits per heavy atom. The lowest BCUT2D eigenvalue weighted by Crippen LogP contribution is -2.13. The summed E-state index contributed by atoms with van der Waals surface area (Å²) >= 11 is 0. The highest BCUT2D eigenvalue weighted by molar-refractivity contribution is 6.04. The first-order valence-electron chi connectivity index (χ1n) is 7.89. The van der Waals surface area contributed by atoms with Gasteiger partial charge < -0.3 is 24.8 Å². The predicted molar refractivity (Wildman–Crippen MR) is 96.7 cm³/mol. The number of rotatable bonds is 9. The molecule has 0 fully saturated rings. The molecule has 0 saturated carbocycles. The van der Waals surface area contributed by atoms with E-state index in [1.54, 1.807) is 37.6 Å². The van der Waals surface area contributed by atoms with Crippen LogP contribution in [0.5, 0.6) is 11.5 Å². The molecule has 0 unspecified atom stereocenters. The third-order valence-corrected chi connectivity index (χ3v) is 3.47. The number of nitrogens with zero attached hydrogens (tertiary/aromatic N) is 1. The van der Waals surface area contributed by atoms with E-state index in [9.17, 15) is 4.79 Å². The highest BCUT2D eigenvalue weighted by Gasteiger charge is 2.11. The molecule has 1 amide bonds. The van der Waals surface area contributed by atoms with Crippen LogP contribution in [0.15, 0.2) is 36.5 Å². The summed E-state index contributed by atoms with van der Waals surface area (Å²) in [5.41, 5.74) is 1.32. The number of hydrogen-bond donors (Lipinski definition) is 2. The van der Waals surface area contributed by atoms with Gasteiger partial charge in [0.2, 0.25) is 0 Å². The van der Waals surface area contributed by atoms with Gasteiger partial charge in [0, 0.05) is 31.9 Å². The average molecular weight is 345 g/mol. The Labute approximate surface area is 147 Å². The van der Waals surface area contributed by atoms with Crippen molar-refractivity contribution in [3.8, 4) is 11.5 Å². The molecule has 1 heterocycles. The minimum atomic E-state index is -0.287. The van der Waals surface area contributed by atoms with Crippen LogP contribution in [-0.4, -0.2) is 45.4 Å². The molecular weight excluding hydrogens is 322 g/mol. The number of hydrogen-bond acceptors (Lipinski definition) is 6. The standard InChI is InChI=1S/C18H23N3O4/c1-23-8-4-7-19-14-5-6-17(20-12-14)21-18(22)13-9-15(24-2)11-16(10-13)25-3/h5-6,9-12,19H,4,7-8H2,1-3H3,(H,20,21,22). The zero-order chi connectivity index (χ0) is 18.1. The van der Waals surface area contributed by atoms with Crippen molar-refractivity contribution >= 4 is 17.4 Å². The van der Waals surface area contributed by atoms with Crippen LogP contribution in [0.2, 0.25) is 0 Å². The first-order chi connectivity index (χ1) is 12.2. The lowest BCUT2D eigenvalue weighted by Gasteiger charge is -2.10. The molecule has 0 aliphatic rings. The minimum Gasteiger partial charge on any atom is -0.497 e. The molecule has 25 heavy (non-hydrogen) atoms. The third-order valence-electron chi connectivity index (χ3n) is 3.47. The largest absolute Gasteiger partial charge is 0.497 e. The topological polar surface area (TPSA) is 81.7 Å². The summed E-state index contributed by atoms with van der Waals surface area (Å²) in [6.07, 6.45) is 2.58. The maximum Gasteiger partial charge on any atom is 0.257 e. The van der Waals surface area contributed by atoms with Crippen molar-refractivity contribution in [1.82, 2.24) is 4.98 Å². The van der Waals surface area contributed by atoms with Crippen molar-refractivity contribution in [2.45, 2.75) is 6.42 Å². The molecule has 0 radical (unpaired) electrons. The molecule has 2 N–H and O–H groups in total. The Hall–Kier alpha value is -2.80. The number of carbonyl (C=O) groups excluding carboxylic acids is 1. The third kappa shape index (κ3) is 5.65. The van der Waals surface area contributed by atoms with Gasteiger partial charge in [-0.2, -0.15) is 0 Å². The van der Waals surface area contributed by atoms with Crippen LogP contribution in [0.25, 0.3) is 0 Å². The van der Waals surface area contributed by atoms with Crippen LogP contribution < -0.4 is 20.1 Å². The van der Waals surface area contributed by atoms with Crippen LogP contribution in [0.4, 0.5) is 11.5 Å². The van der Waals surface area contributed by atoms with Crippen LogP contribution in [0.1, 0.15) is 16.8 Å². The smallest absolute Gasteiger partial charge is 0.257 e. The monoisotopic (exact) mass is 345 g/mol. The van der Waals surface area contributed by atoms with E-state index in [1.165, 1.54) is 14.2 Å². The zero-order valence-corrected chi connectivity index (χ0v) is 14.7. The fraction of sp³-hybridized carbons (Fsp3) is 0.333. The number of ether oxygens (including phenoxy) is 3. The maximum atomic E-state index is 12.4. The average Bonchev–Trinajstić information content (AvgIpc) is 2.66. The van der Waals surface area contributed by atoms with Gasteiger partial charge in [0.05, 0.1) is 26.1 Å². The number of methoxy groups -OCH3 is 3. The molecule has 0 bridgehead atoms. The molecule has 0 saturated heterocycles. The summed E-state index contributed by atoms with van der Waals surface area (Å²) in [5, 5.41) is 5.99. The Bertz CT molecular complexity index is 667. The summed E-state index contributed by atoms with van der Waals surface area (Å²) in [4.78, 5) is 16.6. The molecule has 2 aromatic rings. The van der Waals surface area contributed by atoms with E-state index in [1.807, 2.05) is 6.07 Å². The van der Waals surface area contributed by atoms with Crippen LogP contribution in [0.3, 0.4) is 0 Å². The molecular formula is C18H23N3O4. The second-order valence-corrected chi connectivity index (χ2v) is 5.26. The van der Waals surface area contributed by atoms with Crippen molar-refractivity contribution in [3.63, 3.8) is 0 Å². The Morgan fingerprint density at radius 1 is 1.08 bits per heavy atom. The number of anilines is 2. The van der Waals surface area contributed by atoms with Gasteiger partial charge in [-0.1, -0.05) is 0 Å². The molecule has 7 nitrogen and oxygen atoms in total. The molecule has 0 atom stereocenters. The van der Waals surface area contributed by atoms with Crippen molar-refractivity contribution in [2.75, 3.05) is 45.1 Å². The van der Waals surface area contributed by atoms with E-state index >= 15 is 0 Å². The quantitative estimate of drug-likeness (QED) is 0.680. The van der Waals surface area contributed by atoms with Gasteiger partial charge >= 0.3 is 0 Å². The first kappa shape index (κ1) is 18.5. The number of amides is 1.